The van der Waals surface area contributed by atoms with Crippen LogP contribution in [0.15, 0.2) is 0 Å². The first kappa shape index (κ1) is 10.4. The van der Waals surface area contributed by atoms with E-state index in [9.17, 15) is 13.2 Å². The highest BCUT2D eigenvalue weighted by Crippen LogP contribution is 2.29. The van der Waals surface area contributed by atoms with Crippen molar-refractivity contribution in [2.75, 3.05) is 6.61 Å². The van der Waals surface area contributed by atoms with Gasteiger partial charge in [-0.1, -0.05) is 5.92 Å². The Bertz CT molecular complexity index is 362. The van der Waals surface area contributed by atoms with Gasteiger partial charge in [-0.3, -0.25) is 0 Å². The standard InChI is InChI=1S/C8H6F3N2O/c1-3-4-14-7-6(2)5-12-13(7)8(9,10)11/h1H,4H2,2H3. The van der Waals surface area contributed by atoms with Gasteiger partial charge in [-0.25, -0.2) is 0 Å². The van der Waals surface area contributed by atoms with E-state index in [1.807, 2.05) is 0 Å². The van der Waals surface area contributed by atoms with Crippen LogP contribution in [0.25, 0.3) is 0 Å². The molecule has 1 rings (SSSR count). The molecule has 0 N–H and O–H groups in total. The van der Waals surface area contributed by atoms with Gasteiger partial charge >= 0.3 is 6.30 Å². The summed E-state index contributed by atoms with van der Waals surface area (Å²) in [6.45, 7) is 1.16. The molecule has 0 unspecified atom stereocenters. The summed E-state index contributed by atoms with van der Waals surface area (Å²) in [5, 5.41) is 3.01. The molecule has 14 heavy (non-hydrogen) atoms. The van der Waals surface area contributed by atoms with Gasteiger partial charge in [-0.15, -0.1) is 24.3 Å². The van der Waals surface area contributed by atoms with Crippen LogP contribution >= 0.6 is 0 Å². The van der Waals surface area contributed by atoms with Crippen molar-refractivity contribution < 1.29 is 17.9 Å². The number of terminal acetylenes is 1. The molecule has 0 aliphatic heterocycles. The normalized spacial score (nSPS) is 11.1. The molecule has 1 aromatic rings. The lowest BCUT2D eigenvalue weighted by molar-refractivity contribution is -0.215. The zero-order valence-electron chi connectivity index (χ0n) is 7.22. The van der Waals surface area contributed by atoms with Crippen LogP contribution in [0.5, 0.6) is 5.88 Å². The van der Waals surface area contributed by atoms with E-state index in [2.05, 4.69) is 17.2 Å². The lowest BCUT2D eigenvalue weighted by Crippen LogP contribution is -2.19. The molecule has 0 spiro atoms. The second kappa shape index (κ2) is 3.62. The lowest BCUT2D eigenvalue weighted by atomic mass is 10.4. The summed E-state index contributed by atoms with van der Waals surface area (Å²) in [4.78, 5) is 0. The Morgan fingerprint density at radius 1 is 1.64 bits per heavy atom. The summed E-state index contributed by atoms with van der Waals surface area (Å²) in [7, 11) is 0. The smallest absolute Gasteiger partial charge is 0.464 e. The molecule has 0 saturated carbocycles. The van der Waals surface area contributed by atoms with Gasteiger partial charge in [-0.2, -0.15) is 5.10 Å². The average Bonchev–Trinajstić information content (AvgIpc) is 2.42. The number of nitrogens with zero attached hydrogens (tertiary/aromatic N) is 2. The van der Waals surface area contributed by atoms with Crippen LogP contribution in [0.2, 0.25) is 0 Å². The molecule has 1 aromatic heterocycles. The summed E-state index contributed by atoms with van der Waals surface area (Å²) in [5.41, 5.74) is 0.164. The molecule has 0 aliphatic rings. The molecule has 0 bridgehead atoms. The van der Waals surface area contributed by atoms with Gasteiger partial charge in [0.25, 0.3) is 0 Å². The first-order chi connectivity index (χ1) is 6.46. The Balaban J connectivity index is 3.02. The van der Waals surface area contributed by atoms with E-state index >= 15 is 0 Å². The maximum atomic E-state index is 12.2. The second-order valence-electron chi connectivity index (χ2n) is 2.41. The van der Waals surface area contributed by atoms with E-state index in [0.29, 0.717) is 0 Å². The van der Waals surface area contributed by atoms with E-state index in [4.69, 9.17) is 11.2 Å². The Kier molecular flexibility index (Phi) is 2.70. The van der Waals surface area contributed by atoms with Gasteiger partial charge < -0.3 is 4.74 Å². The van der Waals surface area contributed by atoms with Crippen LogP contribution in [0, 0.1) is 25.5 Å². The number of hydrogen-bond donors (Lipinski definition) is 0. The molecule has 6 heteroatoms. The molecular weight excluding hydrogens is 197 g/mol. The maximum Gasteiger partial charge on any atom is 0.507 e. The quantitative estimate of drug-likeness (QED) is 0.681. The Morgan fingerprint density at radius 3 is 2.79 bits per heavy atom. The molecule has 0 aliphatic carbocycles. The van der Waals surface area contributed by atoms with Crippen LogP contribution in [0.1, 0.15) is 5.56 Å². The first-order valence-corrected chi connectivity index (χ1v) is 3.57. The predicted octanol–water partition coefficient (Wildman–Crippen LogP) is 1.48. The number of rotatable bonds is 2. The molecule has 0 atom stereocenters. The number of halogens is 3. The van der Waals surface area contributed by atoms with E-state index in [1.54, 1.807) is 0 Å². The molecule has 0 amide bonds. The van der Waals surface area contributed by atoms with Gasteiger partial charge in [0.2, 0.25) is 5.88 Å². The fourth-order valence-corrected chi connectivity index (χ4v) is 0.828. The summed E-state index contributed by atoms with van der Waals surface area (Å²) >= 11 is 0. The van der Waals surface area contributed by atoms with Crippen molar-refractivity contribution in [1.29, 1.82) is 0 Å². The van der Waals surface area contributed by atoms with E-state index in [0.717, 1.165) is 0 Å². The van der Waals surface area contributed by atoms with Crippen molar-refractivity contribution in [3.63, 3.8) is 0 Å². The van der Waals surface area contributed by atoms with Crippen molar-refractivity contribution in [3.05, 3.63) is 11.8 Å². The zero-order valence-corrected chi connectivity index (χ0v) is 7.22. The number of ether oxygens (including phenoxy) is 1. The second-order valence-corrected chi connectivity index (χ2v) is 2.41. The molecule has 0 saturated heterocycles. The molecule has 1 heterocycles. The summed E-state index contributed by atoms with van der Waals surface area (Å²) in [5.74, 6) is 1.65. The minimum atomic E-state index is -4.62. The highest BCUT2D eigenvalue weighted by molar-refractivity contribution is 5.22. The predicted molar refractivity (Wildman–Crippen MR) is 41.4 cm³/mol. The third-order valence-corrected chi connectivity index (χ3v) is 1.36. The number of aryl methyl sites for hydroxylation is 1. The van der Waals surface area contributed by atoms with Gasteiger partial charge in [0, 0.05) is 5.56 Å². The van der Waals surface area contributed by atoms with Gasteiger partial charge in [0.05, 0.1) is 0 Å². The molecule has 75 valence electrons. The van der Waals surface area contributed by atoms with Crippen LogP contribution in [-0.4, -0.2) is 16.4 Å². The highest BCUT2D eigenvalue weighted by Gasteiger charge is 2.35. The van der Waals surface area contributed by atoms with Crippen molar-refractivity contribution in [2.45, 2.75) is 13.2 Å². The Morgan fingerprint density at radius 2 is 2.29 bits per heavy atom. The summed E-state index contributed by atoms with van der Waals surface area (Å²) < 4.78 is 41.2. The Labute approximate surface area is 78.5 Å². The molecule has 1 radical (unpaired) electrons. The third kappa shape index (κ3) is 1.99. The molecule has 0 aromatic carbocycles. The molecular formula is C8H6F3N2O. The molecule has 0 fully saturated rings. The summed E-state index contributed by atoms with van der Waals surface area (Å²) in [6.07, 6.45) is 2.39. The topological polar surface area (TPSA) is 27.1 Å². The largest absolute Gasteiger partial charge is 0.507 e. The van der Waals surface area contributed by atoms with Crippen molar-refractivity contribution in [1.82, 2.24) is 9.78 Å². The number of alkyl halides is 3. The SMILES string of the molecule is C#CCOc1c(C)[c]nn1C(F)(F)F. The first-order valence-electron chi connectivity index (χ1n) is 3.57. The van der Waals surface area contributed by atoms with Crippen molar-refractivity contribution >= 4 is 0 Å². The fourth-order valence-electron chi connectivity index (χ4n) is 0.828. The zero-order chi connectivity index (χ0) is 10.8. The van der Waals surface area contributed by atoms with Crippen LogP contribution in [0.3, 0.4) is 0 Å². The van der Waals surface area contributed by atoms with E-state index in [-0.39, 0.29) is 16.9 Å². The minimum absolute atomic E-state index is 0.164. The van der Waals surface area contributed by atoms with Crippen molar-refractivity contribution in [2.24, 2.45) is 0 Å². The van der Waals surface area contributed by atoms with E-state index < -0.39 is 12.2 Å². The van der Waals surface area contributed by atoms with Crippen LogP contribution < -0.4 is 4.74 Å². The van der Waals surface area contributed by atoms with Gasteiger partial charge in [0.15, 0.2) is 6.61 Å². The summed E-state index contributed by atoms with van der Waals surface area (Å²) in [6, 6.07) is 0. The number of aromatic nitrogens is 2. The van der Waals surface area contributed by atoms with Crippen LogP contribution in [-0.2, 0) is 6.30 Å². The van der Waals surface area contributed by atoms with Crippen LogP contribution in [0.4, 0.5) is 13.2 Å². The third-order valence-electron chi connectivity index (χ3n) is 1.36. The van der Waals surface area contributed by atoms with Gasteiger partial charge in [0.1, 0.15) is 6.20 Å². The van der Waals surface area contributed by atoms with Gasteiger partial charge in [-0.05, 0) is 6.92 Å². The number of hydrogen-bond acceptors (Lipinski definition) is 2. The van der Waals surface area contributed by atoms with E-state index in [1.165, 1.54) is 6.92 Å². The highest BCUT2D eigenvalue weighted by atomic mass is 19.4. The minimum Gasteiger partial charge on any atom is -0.464 e. The Hall–Kier alpha value is -1.64. The molecule has 3 nitrogen and oxygen atoms in total. The monoisotopic (exact) mass is 203 g/mol. The average molecular weight is 203 g/mol. The maximum absolute atomic E-state index is 12.2. The lowest BCUT2D eigenvalue weighted by Gasteiger charge is -2.10. The van der Waals surface area contributed by atoms with Crippen molar-refractivity contribution in [3.8, 4) is 18.2 Å². The fraction of sp³-hybridized carbons (Fsp3) is 0.375.